The average Bonchev–Trinajstić information content (AvgIpc) is 3.60. The average molecular weight is 947 g/mol. The minimum atomic E-state index is -0.00840. The zero-order chi connectivity index (χ0) is 39.6. The normalized spacial score (nSPS) is 12.1. The molecule has 0 saturated carbocycles. The van der Waals surface area contributed by atoms with Crippen molar-refractivity contribution in [1.29, 1.82) is 0 Å². The molecule has 0 amide bonds. The van der Waals surface area contributed by atoms with Crippen molar-refractivity contribution < 1.29 is 30.0 Å². The first-order valence-corrected chi connectivity index (χ1v) is 21.0. The van der Waals surface area contributed by atoms with Crippen LogP contribution in [-0.2, 0) is 30.3 Å². The predicted octanol–water partition coefficient (Wildman–Crippen LogP) is 15.1. The molecule has 3 nitrogen and oxygen atoms in total. The Bertz CT molecular complexity index is 2570. The van der Waals surface area contributed by atoms with Gasteiger partial charge in [0.05, 0.1) is 5.76 Å². The summed E-state index contributed by atoms with van der Waals surface area (Å²) in [6.07, 6.45) is 6.88. The second-order valence-electron chi connectivity index (χ2n) is 15.9. The summed E-state index contributed by atoms with van der Waals surface area (Å²) in [6, 6.07) is 43.4. The number of hydrogen-bond acceptors (Lipinski definition) is 4. The van der Waals surface area contributed by atoms with Crippen LogP contribution in [-0.4, -0.2) is 15.9 Å². The van der Waals surface area contributed by atoms with Crippen LogP contribution < -0.4 is 0 Å². The molecular weight excluding hydrogens is 895 g/mol. The largest absolute Gasteiger partial charge is 0.512 e. The molecule has 7 aromatic rings. The van der Waals surface area contributed by atoms with Crippen molar-refractivity contribution in [2.75, 3.05) is 0 Å². The van der Waals surface area contributed by atoms with E-state index in [-0.39, 0.29) is 48.9 Å². The monoisotopic (exact) mass is 947 g/mol. The zero-order valence-corrected chi connectivity index (χ0v) is 37.3. The zero-order valence-electron chi connectivity index (χ0n) is 34.1. The van der Waals surface area contributed by atoms with Gasteiger partial charge in [-0.15, -0.1) is 40.5 Å². The fourth-order valence-corrected chi connectivity index (χ4v) is 9.59. The van der Waals surface area contributed by atoms with Gasteiger partial charge in [0, 0.05) is 70.6 Å². The van der Waals surface area contributed by atoms with Crippen molar-refractivity contribution in [1.82, 2.24) is 4.98 Å². The SMILES string of the molecule is CC(C)(C)c1cc(-c2nccc3c4c(sc23)-c2ccccc2-c2ccccc2-c2ccccc2-4)[c-]c2ccccc12.CCC(CC)C(=O)/C=C(\O)C(CC)CC.[Ir]. The fraction of sp³-hybridized carbons (Fsp3) is 0.269. The second-order valence-corrected chi connectivity index (χ2v) is 16.9. The van der Waals surface area contributed by atoms with E-state index in [0.717, 1.165) is 42.3 Å². The molecule has 0 spiro atoms. The minimum Gasteiger partial charge on any atom is -0.512 e. The van der Waals surface area contributed by atoms with Gasteiger partial charge in [-0.25, -0.2) is 0 Å². The van der Waals surface area contributed by atoms with E-state index in [2.05, 4.69) is 136 Å². The van der Waals surface area contributed by atoms with Crippen LogP contribution in [0, 0.1) is 17.9 Å². The van der Waals surface area contributed by atoms with E-state index in [1.807, 2.05) is 45.2 Å². The number of thiophene rings is 1. The quantitative estimate of drug-likeness (QED) is 0.0938. The van der Waals surface area contributed by atoms with Crippen molar-refractivity contribution in [3.63, 3.8) is 0 Å². The van der Waals surface area contributed by atoms with Gasteiger partial charge in [0.15, 0.2) is 5.78 Å². The first-order valence-electron chi connectivity index (χ1n) is 20.2. The number of fused-ring (bicyclic) bond motifs is 11. The molecule has 0 saturated heterocycles. The molecule has 5 aromatic carbocycles. The summed E-state index contributed by atoms with van der Waals surface area (Å²) in [5, 5.41) is 13.4. The predicted molar refractivity (Wildman–Crippen MR) is 239 cm³/mol. The van der Waals surface area contributed by atoms with Gasteiger partial charge in [0.1, 0.15) is 0 Å². The summed E-state index contributed by atoms with van der Waals surface area (Å²) < 4.78 is 1.21. The van der Waals surface area contributed by atoms with Crippen LogP contribution in [0.4, 0.5) is 0 Å². The number of carbonyl (C=O) groups is 1. The number of carbonyl (C=O) groups excluding carboxylic acids is 1. The van der Waals surface area contributed by atoms with Gasteiger partial charge in [-0.3, -0.25) is 9.78 Å². The summed E-state index contributed by atoms with van der Waals surface area (Å²) >= 11 is 1.86. The summed E-state index contributed by atoms with van der Waals surface area (Å²) in [6.45, 7) is 14.9. The first-order chi connectivity index (χ1) is 27.1. The Labute approximate surface area is 356 Å². The number of ketones is 1. The van der Waals surface area contributed by atoms with Crippen LogP contribution in [0.3, 0.4) is 0 Å². The number of aromatic nitrogens is 1. The number of aliphatic hydroxyl groups excluding tert-OH is 1. The second kappa shape index (κ2) is 17.9. The Morgan fingerprint density at radius 2 is 1.21 bits per heavy atom. The Balaban J connectivity index is 0.000000295. The third-order valence-corrected chi connectivity index (χ3v) is 12.6. The van der Waals surface area contributed by atoms with Crippen LogP contribution in [0.5, 0.6) is 0 Å². The molecule has 2 aromatic heterocycles. The van der Waals surface area contributed by atoms with Crippen molar-refractivity contribution >= 4 is 38.0 Å². The summed E-state index contributed by atoms with van der Waals surface area (Å²) in [5.41, 5.74) is 12.3. The van der Waals surface area contributed by atoms with Gasteiger partial charge in [0.2, 0.25) is 0 Å². The number of allylic oxidation sites excluding steroid dienone is 2. The van der Waals surface area contributed by atoms with E-state index in [9.17, 15) is 9.90 Å². The fourth-order valence-electron chi connectivity index (χ4n) is 8.24. The van der Waals surface area contributed by atoms with E-state index in [4.69, 9.17) is 4.98 Å². The van der Waals surface area contributed by atoms with Crippen LogP contribution in [0.2, 0.25) is 0 Å². The molecule has 1 aliphatic rings. The molecule has 5 heteroatoms. The molecule has 0 unspecified atom stereocenters. The Hall–Kier alpha value is -4.67. The molecule has 0 fully saturated rings. The topological polar surface area (TPSA) is 50.2 Å². The van der Waals surface area contributed by atoms with Gasteiger partial charge in [-0.2, -0.15) is 0 Å². The molecule has 1 radical (unpaired) electrons. The Morgan fingerprint density at radius 1 is 0.702 bits per heavy atom. The molecule has 57 heavy (non-hydrogen) atoms. The van der Waals surface area contributed by atoms with Crippen molar-refractivity contribution in [3.8, 4) is 55.1 Å². The van der Waals surface area contributed by atoms with E-state index in [1.54, 1.807) is 0 Å². The molecule has 0 bridgehead atoms. The van der Waals surface area contributed by atoms with Crippen LogP contribution in [0.1, 0.15) is 79.7 Å². The smallest absolute Gasteiger partial charge is 0.162 e. The van der Waals surface area contributed by atoms with Crippen LogP contribution in [0.15, 0.2) is 127 Å². The van der Waals surface area contributed by atoms with Crippen molar-refractivity contribution in [2.24, 2.45) is 11.8 Å². The van der Waals surface area contributed by atoms with Gasteiger partial charge >= 0.3 is 0 Å². The molecule has 293 valence electrons. The molecule has 0 aliphatic heterocycles. The van der Waals surface area contributed by atoms with Crippen LogP contribution >= 0.6 is 11.3 Å². The number of pyridine rings is 1. The van der Waals surface area contributed by atoms with E-state index in [1.165, 1.54) is 70.9 Å². The van der Waals surface area contributed by atoms with Gasteiger partial charge < -0.3 is 5.11 Å². The third-order valence-electron chi connectivity index (χ3n) is 11.4. The maximum atomic E-state index is 11.7. The summed E-state index contributed by atoms with van der Waals surface area (Å²) in [5.74, 6) is 0.547. The van der Waals surface area contributed by atoms with Crippen LogP contribution in [0.25, 0.3) is 75.9 Å². The molecule has 8 rings (SSSR count). The molecule has 1 N–H and O–H groups in total. The standard InChI is InChI=1S/C39H28NS.C13H24O2.Ir/c1-39(2,3)34-23-25(22-24-12-4-5-13-26(24)34)36-38-33(20-21-40-36)35-31-18-10-8-16-29(31)27-14-6-7-15-28(27)30-17-9-11-19-32(30)37(35)41-38;1-5-10(6-2)12(14)9-13(15)11(7-3)8-4;/h4-21,23H,1-3H3;9-11,14H,5-8H2,1-4H3;/q-1;;/b;12-9-;. The number of nitrogens with zero attached hydrogens (tertiary/aromatic N) is 1. The minimum absolute atomic E-state index is 0. The van der Waals surface area contributed by atoms with Crippen molar-refractivity contribution in [3.05, 3.63) is 139 Å². The van der Waals surface area contributed by atoms with Gasteiger partial charge in [-0.1, -0.05) is 150 Å². The number of aliphatic hydroxyl groups is 1. The number of benzene rings is 5. The maximum absolute atomic E-state index is 11.7. The van der Waals surface area contributed by atoms with E-state index < -0.39 is 0 Å². The third kappa shape index (κ3) is 8.21. The number of rotatable bonds is 8. The summed E-state index contributed by atoms with van der Waals surface area (Å²) in [7, 11) is 0. The maximum Gasteiger partial charge on any atom is 0.162 e. The molecule has 0 atom stereocenters. The van der Waals surface area contributed by atoms with Crippen molar-refractivity contribution in [2.45, 2.75) is 79.6 Å². The summed E-state index contributed by atoms with van der Waals surface area (Å²) in [4.78, 5) is 18.0. The molecular formula is C52H52IrNO2S-. The number of hydrogen-bond donors (Lipinski definition) is 1. The molecule has 2 heterocycles. The van der Waals surface area contributed by atoms with E-state index >= 15 is 0 Å². The first kappa shape index (κ1) is 41.9. The Kier molecular flexibility index (Phi) is 13.1. The molecule has 1 aliphatic carbocycles. The van der Waals surface area contributed by atoms with E-state index in [0.29, 0.717) is 0 Å². The van der Waals surface area contributed by atoms with Gasteiger partial charge in [0.25, 0.3) is 0 Å². The Morgan fingerprint density at radius 3 is 1.79 bits per heavy atom. The van der Waals surface area contributed by atoms with Gasteiger partial charge in [-0.05, 0) is 70.4 Å².